The second-order valence-corrected chi connectivity index (χ2v) is 7.72. The lowest BCUT2D eigenvalue weighted by Crippen LogP contribution is -2.38. The number of rotatable bonds is 9. The fourth-order valence-electron chi connectivity index (χ4n) is 4.45. The van der Waals surface area contributed by atoms with E-state index in [2.05, 4.69) is 32.6 Å². The predicted molar refractivity (Wildman–Crippen MR) is 104 cm³/mol. The number of nitrogens with zero attached hydrogens (tertiary/aromatic N) is 1. The van der Waals surface area contributed by atoms with Gasteiger partial charge in [-0.1, -0.05) is 50.3 Å². The van der Waals surface area contributed by atoms with Crippen LogP contribution in [-0.4, -0.2) is 31.2 Å². The highest BCUT2D eigenvalue weighted by atomic mass is 16.7. The van der Waals surface area contributed by atoms with Crippen LogP contribution in [0, 0.1) is 17.3 Å². The summed E-state index contributed by atoms with van der Waals surface area (Å²) in [5.74, 6) is 0.723. The van der Waals surface area contributed by atoms with Crippen molar-refractivity contribution in [1.82, 2.24) is 5.06 Å². The third-order valence-electron chi connectivity index (χ3n) is 6.01. The number of benzene rings is 1. The summed E-state index contributed by atoms with van der Waals surface area (Å²) < 4.78 is 6.34. The Morgan fingerprint density at radius 1 is 1.38 bits per heavy atom. The maximum Gasteiger partial charge on any atom is 0.246 e. The molecule has 0 saturated heterocycles. The van der Waals surface area contributed by atoms with Gasteiger partial charge in [-0.2, -0.15) is 0 Å². The first kappa shape index (κ1) is 20.7. The van der Waals surface area contributed by atoms with Crippen LogP contribution in [0.25, 0.3) is 0 Å². The van der Waals surface area contributed by atoms with Gasteiger partial charge in [0.15, 0.2) is 0 Å². The minimum atomic E-state index is 0.00186. The number of allylic oxidation sites excluding steroid dienone is 1. The maximum atomic E-state index is 12.3. The van der Waals surface area contributed by atoms with Crippen molar-refractivity contribution in [1.29, 1.82) is 0 Å². The van der Waals surface area contributed by atoms with Crippen LogP contribution >= 0.6 is 0 Å². The molecule has 1 unspecified atom stereocenters. The van der Waals surface area contributed by atoms with Gasteiger partial charge in [0.05, 0.1) is 19.8 Å². The topological polar surface area (TPSA) is 38.8 Å². The first-order valence-corrected chi connectivity index (χ1v) is 9.49. The van der Waals surface area contributed by atoms with E-state index in [0.29, 0.717) is 18.9 Å². The smallest absolute Gasteiger partial charge is 0.246 e. The summed E-state index contributed by atoms with van der Waals surface area (Å²) in [6, 6.07) is 10.3. The molecule has 144 valence electrons. The van der Waals surface area contributed by atoms with Crippen molar-refractivity contribution in [3.05, 3.63) is 48.6 Å². The van der Waals surface area contributed by atoms with Crippen molar-refractivity contribution in [2.45, 2.75) is 52.2 Å². The second kappa shape index (κ2) is 9.33. The van der Waals surface area contributed by atoms with Crippen LogP contribution in [0.1, 0.15) is 45.1 Å². The summed E-state index contributed by atoms with van der Waals surface area (Å²) in [6.45, 7) is 9.07. The lowest BCUT2D eigenvalue weighted by atomic mass is 9.69. The zero-order valence-corrected chi connectivity index (χ0v) is 16.6. The van der Waals surface area contributed by atoms with Gasteiger partial charge in [-0.3, -0.25) is 9.63 Å². The van der Waals surface area contributed by atoms with Crippen molar-refractivity contribution in [2.75, 3.05) is 14.2 Å². The summed E-state index contributed by atoms with van der Waals surface area (Å²) >= 11 is 0. The number of carbonyl (C=O) groups excluding carboxylic acids is 1. The number of hydrogen-bond donors (Lipinski definition) is 0. The van der Waals surface area contributed by atoms with Crippen LogP contribution in [-0.2, 0) is 21.0 Å². The summed E-state index contributed by atoms with van der Waals surface area (Å²) in [7, 11) is 3.19. The van der Waals surface area contributed by atoms with Crippen molar-refractivity contribution in [2.24, 2.45) is 17.3 Å². The summed E-state index contributed by atoms with van der Waals surface area (Å²) in [5, 5.41) is 1.32. The highest BCUT2D eigenvalue weighted by Crippen LogP contribution is 2.51. The van der Waals surface area contributed by atoms with Gasteiger partial charge in [0, 0.05) is 18.9 Å². The SMILES string of the molecule is C=CC[C@]1(C)C(OCc2ccccc2)CC[C@H]1[C@@H](C)CC(=O)N(C)OC. The molecule has 0 radical (unpaired) electrons. The summed E-state index contributed by atoms with van der Waals surface area (Å²) in [6.07, 6.45) is 5.68. The van der Waals surface area contributed by atoms with E-state index >= 15 is 0 Å². The lowest BCUT2D eigenvalue weighted by molar-refractivity contribution is -0.170. The van der Waals surface area contributed by atoms with Crippen LogP contribution in [0.4, 0.5) is 0 Å². The molecule has 0 aliphatic heterocycles. The Morgan fingerprint density at radius 3 is 2.69 bits per heavy atom. The molecule has 1 aromatic carbocycles. The standard InChI is InChI=1S/C22H33NO3/c1-6-14-22(3)19(17(2)15-21(24)23(4)25-5)12-13-20(22)26-16-18-10-8-7-9-11-18/h6-11,17,19-20H,1,12-16H2,2-5H3/t17-,19-,20?,22-/m0/s1. The predicted octanol–water partition coefficient (Wildman–Crippen LogP) is 4.61. The molecule has 4 atom stereocenters. The van der Waals surface area contributed by atoms with Gasteiger partial charge in [-0.05, 0) is 36.7 Å². The Kier molecular flexibility index (Phi) is 7.42. The van der Waals surface area contributed by atoms with Gasteiger partial charge in [0.25, 0.3) is 0 Å². The van der Waals surface area contributed by atoms with E-state index in [0.717, 1.165) is 19.3 Å². The third-order valence-corrected chi connectivity index (χ3v) is 6.01. The summed E-state index contributed by atoms with van der Waals surface area (Å²) in [5.41, 5.74) is 1.20. The average molecular weight is 360 g/mol. The molecule has 2 rings (SSSR count). The van der Waals surface area contributed by atoms with Crippen molar-refractivity contribution in [3.8, 4) is 0 Å². The van der Waals surface area contributed by atoms with Gasteiger partial charge >= 0.3 is 0 Å². The molecule has 0 bridgehead atoms. The van der Waals surface area contributed by atoms with E-state index in [1.807, 2.05) is 24.3 Å². The van der Waals surface area contributed by atoms with Gasteiger partial charge in [-0.25, -0.2) is 5.06 Å². The quantitative estimate of drug-likeness (QED) is 0.477. The van der Waals surface area contributed by atoms with Crippen molar-refractivity contribution >= 4 is 5.91 Å². The Balaban J connectivity index is 2.05. The molecule has 0 N–H and O–H groups in total. The van der Waals surface area contributed by atoms with Gasteiger partial charge in [-0.15, -0.1) is 6.58 Å². The van der Waals surface area contributed by atoms with Crippen LogP contribution in [0.15, 0.2) is 43.0 Å². The largest absolute Gasteiger partial charge is 0.373 e. The maximum absolute atomic E-state index is 12.3. The van der Waals surface area contributed by atoms with Gasteiger partial charge in [0.1, 0.15) is 0 Å². The Labute approximate surface area is 158 Å². The van der Waals surface area contributed by atoms with Gasteiger partial charge < -0.3 is 4.74 Å². The van der Waals surface area contributed by atoms with E-state index < -0.39 is 0 Å². The lowest BCUT2D eigenvalue weighted by Gasteiger charge is -2.39. The molecular formula is C22H33NO3. The average Bonchev–Trinajstić information content (AvgIpc) is 2.96. The Bertz CT molecular complexity index is 588. The molecule has 4 nitrogen and oxygen atoms in total. The van der Waals surface area contributed by atoms with Crippen molar-refractivity contribution in [3.63, 3.8) is 0 Å². The minimum absolute atomic E-state index is 0.00186. The van der Waals surface area contributed by atoms with E-state index in [-0.39, 0.29) is 23.3 Å². The number of amides is 1. The van der Waals surface area contributed by atoms with Crippen LogP contribution in [0.3, 0.4) is 0 Å². The van der Waals surface area contributed by atoms with E-state index in [1.54, 1.807) is 7.05 Å². The minimum Gasteiger partial charge on any atom is -0.373 e. The first-order chi connectivity index (χ1) is 12.4. The fourth-order valence-corrected chi connectivity index (χ4v) is 4.45. The first-order valence-electron chi connectivity index (χ1n) is 9.49. The van der Waals surface area contributed by atoms with Crippen LogP contribution < -0.4 is 0 Å². The molecule has 1 aromatic rings. The molecule has 4 heteroatoms. The number of hydrogen-bond acceptors (Lipinski definition) is 3. The Morgan fingerprint density at radius 2 is 2.08 bits per heavy atom. The van der Waals surface area contributed by atoms with Gasteiger partial charge in [0.2, 0.25) is 5.91 Å². The second-order valence-electron chi connectivity index (χ2n) is 7.72. The van der Waals surface area contributed by atoms with Crippen LogP contribution in [0.2, 0.25) is 0 Å². The molecule has 1 amide bonds. The Hall–Kier alpha value is -1.65. The highest BCUT2D eigenvalue weighted by molar-refractivity contribution is 5.75. The monoisotopic (exact) mass is 359 g/mol. The molecule has 0 aromatic heterocycles. The number of ether oxygens (including phenoxy) is 1. The highest BCUT2D eigenvalue weighted by Gasteiger charge is 2.48. The molecule has 26 heavy (non-hydrogen) atoms. The van der Waals surface area contributed by atoms with E-state index in [9.17, 15) is 4.79 Å². The van der Waals surface area contributed by atoms with E-state index in [4.69, 9.17) is 9.57 Å². The number of hydroxylamine groups is 2. The molecule has 1 saturated carbocycles. The molecule has 1 aliphatic rings. The fraction of sp³-hybridized carbons (Fsp3) is 0.591. The molecule has 1 aliphatic carbocycles. The van der Waals surface area contributed by atoms with Crippen molar-refractivity contribution < 1.29 is 14.4 Å². The molecule has 0 spiro atoms. The zero-order valence-electron chi connectivity index (χ0n) is 16.6. The molecule has 0 heterocycles. The molecular weight excluding hydrogens is 326 g/mol. The number of carbonyl (C=O) groups is 1. The zero-order chi connectivity index (χ0) is 19.2. The third kappa shape index (κ3) is 4.74. The normalized spacial score (nSPS) is 26.5. The summed E-state index contributed by atoms with van der Waals surface area (Å²) in [4.78, 5) is 17.3. The van der Waals surface area contributed by atoms with Crippen LogP contribution in [0.5, 0.6) is 0 Å². The van der Waals surface area contributed by atoms with E-state index in [1.165, 1.54) is 17.7 Å². The molecule has 1 fully saturated rings.